The van der Waals surface area contributed by atoms with Crippen LogP contribution >= 0.6 is 0 Å². The molecule has 2 heteroatoms. The van der Waals surface area contributed by atoms with Crippen LogP contribution < -0.4 is 10.5 Å². The number of benzene rings is 1. The van der Waals surface area contributed by atoms with E-state index in [1.54, 1.807) is 0 Å². The molecule has 1 aliphatic rings. The molecular formula is C10H13NO. The van der Waals surface area contributed by atoms with Gasteiger partial charge >= 0.3 is 0 Å². The zero-order valence-electron chi connectivity index (χ0n) is 7.16. The van der Waals surface area contributed by atoms with Crippen LogP contribution in [0, 0.1) is 0 Å². The van der Waals surface area contributed by atoms with Crippen molar-refractivity contribution in [3.8, 4) is 5.75 Å². The highest BCUT2D eigenvalue weighted by Gasteiger charge is 2.28. The van der Waals surface area contributed by atoms with Crippen molar-refractivity contribution in [3.63, 3.8) is 0 Å². The first kappa shape index (κ1) is 7.62. The first-order valence-electron chi connectivity index (χ1n) is 4.28. The van der Waals surface area contributed by atoms with Gasteiger partial charge in [0, 0.05) is 18.0 Å². The van der Waals surface area contributed by atoms with E-state index in [9.17, 15) is 0 Å². The molecule has 12 heavy (non-hydrogen) atoms. The molecule has 0 aliphatic carbocycles. The molecule has 1 heterocycles. The fraction of sp³-hybridized carbons (Fsp3) is 0.400. The van der Waals surface area contributed by atoms with Crippen molar-refractivity contribution in [2.24, 2.45) is 5.73 Å². The third-order valence-electron chi connectivity index (χ3n) is 2.48. The van der Waals surface area contributed by atoms with Crippen LogP contribution in [0.2, 0.25) is 0 Å². The lowest BCUT2D eigenvalue weighted by Gasteiger charge is -2.11. The maximum absolute atomic E-state index is 5.64. The highest BCUT2D eigenvalue weighted by Crippen LogP contribution is 2.36. The Morgan fingerprint density at radius 1 is 1.42 bits per heavy atom. The third-order valence-corrected chi connectivity index (χ3v) is 2.48. The predicted molar refractivity (Wildman–Crippen MR) is 48.3 cm³/mol. The molecule has 0 saturated carbocycles. The Kier molecular flexibility index (Phi) is 1.77. The van der Waals surface area contributed by atoms with Crippen molar-refractivity contribution in [1.29, 1.82) is 0 Å². The highest BCUT2D eigenvalue weighted by molar-refractivity contribution is 5.40. The van der Waals surface area contributed by atoms with Gasteiger partial charge in [-0.15, -0.1) is 0 Å². The second kappa shape index (κ2) is 2.79. The Balaban J connectivity index is 2.35. The average Bonchev–Trinajstić information content (AvgIpc) is 2.44. The number of hydrogen-bond acceptors (Lipinski definition) is 2. The highest BCUT2D eigenvalue weighted by atomic mass is 16.5. The monoisotopic (exact) mass is 163 g/mol. The van der Waals surface area contributed by atoms with Gasteiger partial charge in [-0.05, 0) is 6.07 Å². The van der Waals surface area contributed by atoms with Crippen LogP contribution in [0.4, 0.5) is 0 Å². The lowest BCUT2D eigenvalue weighted by molar-refractivity contribution is 0.219. The Bertz CT molecular complexity index is 285. The molecule has 1 aromatic rings. The summed E-state index contributed by atoms with van der Waals surface area (Å²) in [5, 5.41) is 0. The van der Waals surface area contributed by atoms with Gasteiger partial charge in [-0.25, -0.2) is 0 Å². The topological polar surface area (TPSA) is 35.2 Å². The van der Waals surface area contributed by atoms with Crippen molar-refractivity contribution in [2.45, 2.75) is 18.9 Å². The van der Waals surface area contributed by atoms with Crippen LogP contribution in [0.25, 0.3) is 0 Å². The Morgan fingerprint density at radius 2 is 2.17 bits per heavy atom. The second-order valence-electron chi connectivity index (χ2n) is 3.22. The molecular weight excluding hydrogens is 150 g/mol. The molecule has 0 unspecified atom stereocenters. The molecule has 0 fully saturated rings. The number of hydrogen-bond donors (Lipinski definition) is 1. The van der Waals surface area contributed by atoms with Crippen LogP contribution in [-0.2, 0) is 0 Å². The first-order chi connectivity index (χ1) is 5.83. The largest absolute Gasteiger partial charge is 0.488 e. The van der Waals surface area contributed by atoms with E-state index in [0.29, 0.717) is 12.5 Å². The minimum Gasteiger partial charge on any atom is -0.488 e. The van der Waals surface area contributed by atoms with E-state index in [1.807, 2.05) is 18.2 Å². The number of para-hydroxylation sites is 1. The molecule has 0 bridgehead atoms. The zero-order valence-corrected chi connectivity index (χ0v) is 7.16. The predicted octanol–water partition coefficient (Wildman–Crippen LogP) is 1.51. The van der Waals surface area contributed by atoms with E-state index in [0.717, 1.165) is 5.75 Å². The molecule has 0 radical (unpaired) electrons. The lowest BCUT2D eigenvalue weighted by Crippen LogP contribution is -2.26. The maximum atomic E-state index is 5.64. The van der Waals surface area contributed by atoms with Crippen LogP contribution in [0.3, 0.4) is 0 Å². The quantitative estimate of drug-likeness (QED) is 0.681. The number of rotatable bonds is 1. The Morgan fingerprint density at radius 3 is 2.83 bits per heavy atom. The van der Waals surface area contributed by atoms with Gasteiger partial charge < -0.3 is 10.5 Å². The normalized spacial score (nSPS) is 26.5. The van der Waals surface area contributed by atoms with Gasteiger partial charge in [0.15, 0.2) is 0 Å². The molecule has 0 saturated heterocycles. The van der Waals surface area contributed by atoms with Crippen molar-refractivity contribution in [3.05, 3.63) is 29.8 Å². The SMILES string of the molecule is C[C@@H]1c2ccccc2O[C@H]1CN. The molecule has 0 amide bonds. The summed E-state index contributed by atoms with van der Waals surface area (Å²) >= 11 is 0. The average molecular weight is 163 g/mol. The molecule has 64 valence electrons. The van der Waals surface area contributed by atoms with Crippen molar-refractivity contribution in [1.82, 2.24) is 0 Å². The first-order valence-corrected chi connectivity index (χ1v) is 4.28. The van der Waals surface area contributed by atoms with E-state index >= 15 is 0 Å². The summed E-state index contributed by atoms with van der Waals surface area (Å²) in [7, 11) is 0. The Hall–Kier alpha value is -1.02. The van der Waals surface area contributed by atoms with E-state index in [2.05, 4.69) is 13.0 Å². The van der Waals surface area contributed by atoms with Gasteiger partial charge in [-0.1, -0.05) is 25.1 Å². The zero-order chi connectivity index (χ0) is 8.55. The summed E-state index contributed by atoms with van der Waals surface area (Å²) in [6.45, 7) is 2.75. The smallest absolute Gasteiger partial charge is 0.123 e. The molecule has 2 atom stereocenters. The van der Waals surface area contributed by atoms with Crippen LogP contribution in [0.5, 0.6) is 5.75 Å². The molecule has 2 nitrogen and oxygen atoms in total. The van der Waals surface area contributed by atoms with Gasteiger partial charge in [-0.3, -0.25) is 0 Å². The molecule has 2 N–H and O–H groups in total. The molecule has 0 spiro atoms. The summed E-state index contributed by atoms with van der Waals surface area (Å²) < 4.78 is 5.64. The van der Waals surface area contributed by atoms with Gasteiger partial charge in [0.1, 0.15) is 11.9 Å². The maximum Gasteiger partial charge on any atom is 0.123 e. The van der Waals surface area contributed by atoms with E-state index in [1.165, 1.54) is 5.56 Å². The van der Waals surface area contributed by atoms with E-state index in [4.69, 9.17) is 10.5 Å². The minimum atomic E-state index is 0.169. The number of ether oxygens (including phenoxy) is 1. The molecule has 1 aromatic carbocycles. The molecule has 0 aromatic heterocycles. The van der Waals surface area contributed by atoms with Crippen LogP contribution in [0.1, 0.15) is 18.4 Å². The molecule has 1 aliphatic heterocycles. The summed E-state index contributed by atoms with van der Waals surface area (Å²) in [5.74, 6) is 1.44. The van der Waals surface area contributed by atoms with Gasteiger partial charge in [0.05, 0.1) is 0 Å². The Labute approximate surface area is 72.3 Å². The van der Waals surface area contributed by atoms with Crippen molar-refractivity contribution < 1.29 is 4.74 Å². The minimum absolute atomic E-state index is 0.169. The van der Waals surface area contributed by atoms with Gasteiger partial charge in [0.2, 0.25) is 0 Å². The fourth-order valence-electron chi connectivity index (χ4n) is 1.68. The molecule has 2 rings (SSSR count). The van der Waals surface area contributed by atoms with Gasteiger partial charge in [-0.2, -0.15) is 0 Å². The summed E-state index contributed by atoms with van der Waals surface area (Å²) in [5.41, 5.74) is 6.86. The van der Waals surface area contributed by atoms with Crippen molar-refractivity contribution >= 4 is 0 Å². The van der Waals surface area contributed by atoms with E-state index < -0.39 is 0 Å². The summed E-state index contributed by atoms with van der Waals surface area (Å²) in [4.78, 5) is 0. The summed E-state index contributed by atoms with van der Waals surface area (Å²) in [6, 6.07) is 8.14. The van der Waals surface area contributed by atoms with Crippen LogP contribution in [0.15, 0.2) is 24.3 Å². The van der Waals surface area contributed by atoms with Crippen LogP contribution in [-0.4, -0.2) is 12.6 Å². The number of fused-ring (bicyclic) bond motifs is 1. The fourth-order valence-corrected chi connectivity index (χ4v) is 1.68. The van der Waals surface area contributed by atoms with Gasteiger partial charge in [0.25, 0.3) is 0 Å². The van der Waals surface area contributed by atoms with Crippen molar-refractivity contribution in [2.75, 3.05) is 6.54 Å². The standard InChI is InChI=1S/C10H13NO/c1-7-8-4-2-3-5-9(8)12-10(7)6-11/h2-5,7,10H,6,11H2,1H3/t7-,10+/m1/s1. The lowest BCUT2D eigenvalue weighted by atomic mass is 9.98. The van der Waals surface area contributed by atoms with E-state index in [-0.39, 0.29) is 6.10 Å². The second-order valence-corrected chi connectivity index (χ2v) is 3.22. The third kappa shape index (κ3) is 0.994. The number of nitrogens with two attached hydrogens (primary N) is 1. The summed E-state index contributed by atoms with van der Waals surface area (Å²) in [6.07, 6.45) is 0.169.